The summed E-state index contributed by atoms with van der Waals surface area (Å²) in [7, 11) is -8.14. The summed E-state index contributed by atoms with van der Waals surface area (Å²) < 4.78 is 55.0. The number of nitro groups is 1. The lowest BCUT2D eigenvalue weighted by molar-refractivity contribution is -0.387. The van der Waals surface area contributed by atoms with Crippen LogP contribution in [0.15, 0.2) is 76.5 Å². The standard InChI is InChI=1S/C20H19N3O6S2/c1-14-7-8-17(13-15(14)2)22-30(26,27)18-11-9-16(10-12-18)21-31(28,29)20-6-4-3-5-19(20)23(24)25/h3-13,21-22H,1-2H3. The lowest BCUT2D eigenvalue weighted by Gasteiger charge is -2.11. The minimum absolute atomic E-state index is 0.0586. The number of sulfonamides is 2. The monoisotopic (exact) mass is 461 g/mol. The molecule has 0 aliphatic carbocycles. The second-order valence-electron chi connectivity index (χ2n) is 6.76. The zero-order valence-electron chi connectivity index (χ0n) is 16.6. The second-order valence-corrected chi connectivity index (χ2v) is 10.1. The normalized spacial score (nSPS) is 11.7. The number of nitrogens with zero attached hydrogens (tertiary/aromatic N) is 1. The molecule has 3 aromatic carbocycles. The maximum atomic E-state index is 12.6. The Morgan fingerprint density at radius 3 is 1.94 bits per heavy atom. The molecule has 3 aromatic rings. The molecule has 0 unspecified atom stereocenters. The number of para-hydroxylation sites is 1. The van der Waals surface area contributed by atoms with E-state index in [0.717, 1.165) is 23.3 Å². The molecule has 0 aliphatic heterocycles. The number of aryl methyl sites for hydroxylation is 2. The molecule has 0 fully saturated rings. The molecule has 0 amide bonds. The van der Waals surface area contributed by atoms with Crippen molar-refractivity contribution in [1.29, 1.82) is 0 Å². The molecule has 0 saturated carbocycles. The van der Waals surface area contributed by atoms with E-state index in [1.54, 1.807) is 18.2 Å². The largest absolute Gasteiger partial charge is 0.289 e. The van der Waals surface area contributed by atoms with Crippen LogP contribution < -0.4 is 9.44 Å². The van der Waals surface area contributed by atoms with Gasteiger partial charge in [-0.3, -0.25) is 19.6 Å². The van der Waals surface area contributed by atoms with Gasteiger partial charge in [-0.25, -0.2) is 16.8 Å². The van der Waals surface area contributed by atoms with E-state index in [-0.39, 0.29) is 10.6 Å². The molecule has 31 heavy (non-hydrogen) atoms. The number of rotatable bonds is 7. The lowest BCUT2D eigenvalue weighted by Crippen LogP contribution is -2.15. The van der Waals surface area contributed by atoms with Crippen molar-refractivity contribution in [2.45, 2.75) is 23.6 Å². The van der Waals surface area contributed by atoms with Crippen LogP contribution in [0.25, 0.3) is 0 Å². The first-order valence-corrected chi connectivity index (χ1v) is 11.9. The summed E-state index contributed by atoms with van der Waals surface area (Å²) in [5.41, 5.74) is 1.86. The Morgan fingerprint density at radius 1 is 0.742 bits per heavy atom. The lowest BCUT2D eigenvalue weighted by atomic mass is 10.1. The first-order chi connectivity index (χ1) is 14.5. The van der Waals surface area contributed by atoms with Crippen LogP contribution in [0.5, 0.6) is 0 Å². The number of anilines is 2. The molecule has 0 aliphatic rings. The fraction of sp³-hybridized carbons (Fsp3) is 0.100. The number of nitrogens with one attached hydrogen (secondary N) is 2. The molecule has 11 heteroatoms. The van der Waals surface area contributed by atoms with Gasteiger partial charge >= 0.3 is 0 Å². The van der Waals surface area contributed by atoms with E-state index in [0.29, 0.717) is 5.69 Å². The second kappa shape index (κ2) is 8.36. The van der Waals surface area contributed by atoms with E-state index in [9.17, 15) is 26.9 Å². The van der Waals surface area contributed by atoms with Crippen LogP contribution in [0.1, 0.15) is 11.1 Å². The quantitative estimate of drug-likeness (QED) is 0.406. The van der Waals surface area contributed by atoms with Gasteiger partial charge in [-0.05, 0) is 67.4 Å². The molecule has 0 heterocycles. The summed E-state index contributed by atoms with van der Waals surface area (Å²) in [5.74, 6) is 0. The van der Waals surface area contributed by atoms with Crippen LogP contribution in [-0.2, 0) is 20.0 Å². The zero-order valence-corrected chi connectivity index (χ0v) is 18.2. The van der Waals surface area contributed by atoms with Crippen LogP contribution in [-0.4, -0.2) is 21.8 Å². The summed E-state index contributed by atoms with van der Waals surface area (Å²) >= 11 is 0. The molecule has 3 rings (SSSR count). The van der Waals surface area contributed by atoms with Crippen molar-refractivity contribution in [3.05, 3.63) is 88.0 Å². The fourth-order valence-electron chi connectivity index (χ4n) is 2.77. The Balaban J connectivity index is 1.83. The van der Waals surface area contributed by atoms with Crippen molar-refractivity contribution in [1.82, 2.24) is 0 Å². The average Bonchev–Trinajstić information content (AvgIpc) is 2.70. The van der Waals surface area contributed by atoms with Crippen molar-refractivity contribution >= 4 is 37.1 Å². The summed E-state index contributed by atoms with van der Waals surface area (Å²) in [6, 6.07) is 15.1. The first-order valence-electron chi connectivity index (χ1n) is 8.96. The summed E-state index contributed by atoms with van der Waals surface area (Å²) in [5, 5.41) is 11.1. The van der Waals surface area contributed by atoms with E-state index < -0.39 is 35.6 Å². The van der Waals surface area contributed by atoms with E-state index in [1.165, 1.54) is 36.4 Å². The van der Waals surface area contributed by atoms with Crippen LogP contribution in [0.4, 0.5) is 17.1 Å². The van der Waals surface area contributed by atoms with Gasteiger partial charge < -0.3 is 0 Å². The van der Waals surface area contributed by atoms with Crippen molar-refractivity contribution in [3.63, 3.8) is 0 Å². The van der Waals surface area contributed by atoms with Gasteiger partial charge in [-0.15, -0.1) is 0 Å². The Kier molecular flexibility index (Phi) is 6.00. The minimum atomic E-state index is -4.25. The van der Waals surface area contributed by atoms with E-state index >= 15 is 0 Å². The molecule has 0 spiro atoms. The van der Waals surface area contributed by atoms with E-state index in [4.69, 9.17) is 0 Å². The van der Waals surface area contributed by atoms with Gasteiger partial charge in [0, 0.05) is 17.4 Å². The van der Waals surface area contributed by atoms with Gasteiger partial charge in [0.2, 0.25) is 0 Å². The predicted molar refractivity (Wildman–Crippen MR) is 117 cm³/mol. The highest BCUT2D eigenvalue weighted by atomic mass is 32.2. The maximum Gasteiger partial charge on any atom is 0.289 e. The highest BCUT2D eigenvalue weighted by Gasteiger charge is 2.25. The Morgan fingerprint density at radius 2 is 1.32 bits per heavy atom. The van der Waals surface area contributed by atoms with Gasteiger partial charge in [0.1, 0.15) is 0 Å². The van der Waals surface area contributed by atoms with Crippen LogP contribution >= 0.6 is 0 Å². The topological polar surface area (TPSA) is 135 Å². The molecule has 0 saturated heterocycles. The molecule has 0 atom stereocenters. The molecule has 2 N–H and O–H groups in total. The number of nitro benzene ring substituents is 1. The molecule has 162 valence electrons. The summed E-state index contributed by atoms with van der Waals surface area (Å²) in [6.07, 6.45) is 0. The molecule has 0 aromatic heterocycles. The Bertz CT molecular complexity index is 1350. The molecular formula is C20H19N3O6S2. The molecular weight excluding hydrogens is 442 g/mol. The Hall–Kier alpha value is -3.44. The van der Waals surface area contributed by atoms with E-state index in [1.807, 2.05) is 13.8 Å². The van der Waals surface area contributed by atoms with Gasteiger partial charge in [0.25, 0.3) is 25.7 Å². The number of benzene rings is 3. The first kappa shape index (κ1) is 22.2. The van der Waals surface area contributed by atoms with Gasteiger partial charge in [0.15, 0.2) is 4.90 Å². The third-order valence-corrected chi connectivity index (χ3v) is 7.35. The SMILES string of the molecule is Cc1ccc(NS(=O)(=O)c2ccc(NS(=O)(=O)c3ccccc3[N+](=O)[O-])cc2)cc1C. The number of hydrogen-bond acceptors (Lipinski definition) is 6. The third kappa shape index (κ3) is 5.01. The number of hydrogen-bond donors (Lipinski definition) is 2. The highest BCUT2D eigenvalue weighted by Crippen LogP contribution is 2.26. The molecule has 9 nitrogen and oxygen atoms in total. The molecule has 0 radical (unpaired) electrons. The highest BCUT2D eigenvalue weighted by molar-refractivity contribution is 7.93. The molecule has 0 bridgehead atoms. The van der Waals surface area contributed by atoms with Crippen LogP contribution in [0.3, 0.4) is 0 Å². The van der Waals surface area contributed by atoms with E-state index in [2.05, 4.69) is 9.44 Å². The van der Waals surface area contributed by atoms with Crippen LogP contribution in [0.2, 0.25) is 0 Å². The Labute approximate surface area is 180 Å². The van der Waals surface area contributed by atoms with Crippen molar-refractivity contribution in [3.8, 4) is 0 Å². The van der Waals surface area contributed by atoms with Crippen LogP contribution in [0, 0.1) is 24.0 Å². The average molecular weight is 462 g/mol. The van der Waals surface area contributed by atoms with Gasteiger partial charge in [-0.2, -0.15) is 0 Å². The third-order valence-electron chi connectivity index (χ3n) is 4.53. The zero-order chi connectivity index (χ0) is 22.8. The van der Waals surface area contributed by atoms with Crippen molar-refractivity contribution < 1.29 is 21.8 Å². The van der Waals surface area contributed by atoms with Gasteiger partial charge in [-0.1, -0.05) is 18.2 Å². The van der Waals surface area contributed by atoms with Crippen molar-refractivity contribution in [2.24, 2.45) is 0 Å². The van der Waals surface area contributed by atoms with Gasteiger partial charge in [0.05, 0.1) is 9.82 Å². The summed E-state index contributed by atoms with van der Waals surface area (Å²) in [6.45, 7) is 3.78. The summed E-state index contributed by atoms with van der Waals surface area (Å²) in [4.78, 5) is 9.75. The maximum absolute atomic E-state index is 12.6. The van der Waals surface area contributed by atoms with Crippen molar-refractivity contribution in [2.75, 3.05) is 9.44 Å². The predicted octanol–water partition coefficient (Wildman–Crippen LogP) is 3.81. The fourth-order valence-corrected chi connectivity index (χ4v) is 5.05. The minimum Gasteiger partial charge on any atom is -0.280 e. The smallest absolute Gasteiger partial charge is 0.280 e.